The first-order valence-electron chi connectivity index (χ1n) is 30.2. The van der Waals surface area contributed by atoms with Gasteiger partial charge in [-0.1, -0.05) is 163 Å². The Morgan fingerprint density at radius 1 is 0.333 bits per heavy atom. The van der Waals surface area contributed by atoms with Crippen LogP contribution >= 0.6 is 0 Å². The van der Waals surface area contributed by atoms with E-state index in [0.717, 1.165) is 0 Å². The van der Waals surface area contributed by atoms with E-state index in [-0.39, 0.29) is 0 Å². The summed E-state index contributed by atoms with van der Waals surface area (Å²) in [4.78, 5) is 0. The van der Waals surface area contributed by atoms with Gasteiger partial charge in [0.2, 0.25) is 0 Å². The van der Waals surface area contributed by atoms with Crippen molar-refractivity contribution in [1.82, 2.24) is 0 Å². The van der Waals surface area contributed by atoms with Crippen LogP contribution in [0.5, 0.6) is 0 Å². The molecule has 1 nitrogen and oxygen atoms in total. The lowest BCUT2D eigenvalue weighted by Gasteiger charge is -2.18. The zero-order chi connectivity index (χ0) is 59.6. The van der Waals surface area contributed by atoms with Crippen LogP contribution < -0.4 is 0 Å². The third kappa shape index (κ3) is 4.22. The summed E-state index contributed by atoms with van der Waals surface area (Å²) in [6.45, 7) is 0. The average Bonchev–Trinajstić information content (AvgIpc) is 4.05. The molecule has 1 aromatic heterocycles. The zero-order valence-corrected chi connectivity index (χ0v) is 25.4. The van der Waals surface area contributed by atoms with Gasteiger partial charge in [0.05, 0.1) is 41.1 Å². The van der Waals surface area contributed by atoms with E-state index in [2.05, 4.69) is 0 Å². The minimum Gasteiger partial charge on any atom is -0.455 e. The summed E-state index contributed by atoms with van der Waals surface area (Å²) in [6.07, 6.45) is 0. The van der Waals surface area contributed by atoms with Gasteiger partial charge in [-0.15, -0.1) is 0 Å². The van der Waals surface area contributed by atoms with Crippen molar-refractivity contribution in [3.05, 3.63) is 181 Å². The molecule has 0 amide bonds. The highest BCUT2D eigenvalue weighted by molar-refractivity contribution is 6.23. The number of furan rings is 1. The zero-order valence-electron chi connectivity index (χ0n) is 55.4. The molecule has 0 saturated heterocycles. The van der Waals surface area contributed by atoms with Gasteiger partial charge in [-0.25, -0.2) is 0 Å². The second-order valence-corrected chi connectivity index (χ2v) is 11.3. The Kier molecular flexibility index (Phi) is 2.50. The van der Waals surface area contributed by atoms with Crippen molar-refractivity contribution in [2.24, 2.45) is 0 Å². The maximum absolute atomic E-state index is 9.73. The highest BCUT2D eigenvalue weighted by Gasteiger charge is 2.18. The van der Waals surface area contributed by atoms with E-state index >= 15 is 0 Å². The molecule has 0 atom stereocenters. The van der Waals surface area contributed by atoms with Crippen LogP contribution in [0.4, 0.5) is 0 Å². The van der Waals surface area contributed by atoms with E-state index in [1.807, 2.05) is 0 Å². The minimum absolute atomic E-state index is 0.439. The molecule has 0 aliphatic rings. The van der Waals surface area contributed by atoms with Gasteiger partial charge in [0.1, 0.15) is 11.2 Å². The molecule has 236 valence electrons. The molecule has 0 radical (unpaired) electrons. The Morgan fingerprint density at radius 2 is 0.824 bits per heavy atom. The minimum atomic E-state index is -1.13. The van der Waals surface area contributed by atoms with Crippen LogP contribution in [0.1, 0.15) is 41.1 Å². The Bertz CT molecular complexity index is 4820. The number of hydrogen-bond acceptors (Lipinski definition) is 1. The van der Waals surface area contributed by atoms with Gasteiger partial charge in [0, 0.05) is 16.2 Å². The molecular weight excluding hydrogens is 617 g/mol. The van der Waals surface area contributed by atoms with E-state index in [9.17, 15) is 16.4 Å². The first-order chi connectivity index (χ1) is 37.8. The molecule has 0 spiro atoms. The van der Waals surface area contributed by atoms with Crippen LogP contribution in [0.25, 0.3) is 109 Å². The average molecular weight is 677 g/mol. The van der Waals surface area contributed by atoms with Crippen LogP contribution in [0.15, 0.2) is 186 Å². The first-order valence-corrected chi connectivity index (χ1v) is 15.2. The van der Waals surface area contributed by atoms with Gasteiger partial charge in [-0.05, 0) is 100.0 Å². The van der Waals surface area contributed by atoms with E-state index in [0.29, 0.717) is 0 Å². The Morgan fingerprint density at radius 3 is 1.53 bits per heavy atom. The van der Waals surface area contributed by atoms with Crippen molar-refractivity contribution in [1.29, 1.82) is 0 Å². The molecular formula is C50H30O. The predicted octanol–water partition coefficient (Wildman–Crippen LogP) is 14.4. The van der Waals surface area contributed by atoms with E-state index < -0.39 is 290 Å². The van der Waals surface area contributed by atoms with E-state index in [1.165, 1.54) is 0 Å². The highest BCUT2D eigenvalue weighted by atomic mass is 16.3. The van der Waals surface area contributed by atoms with E-state index in [1.54, 1.807) is 0 Å². The molecule has 0 bridgehead atoms. The Balaban J connectivity index is 1.35. The monoisotopic (exact) mass is 676 g/mol. The molecule has 0 aliphatic heterocycles. The molecule has 0 saturated carbocycles. The summed E-state index contributed by atoms with van der Waals surface area (Å²) in [5.74, 6) is 0. The number of hydrogen-bond donors (Lipinski definition) is 0. The maximum Gasteiger partial charge on any atom is 0.143 e. The van der Waals surface area contributed by atoms with E-state index in [4.69, 9.17) is 29.1 Å². The molecule has 0 aliphatic carbocycles. The van der Waals surface area contributed by atoms with Crippen molar-refractivity contribution < 1.29 is 45.5 Å². The highest BCUT2D eigenvalue weighted by Crippen LogP contribution is 2.45. The molecule has 0 fully saturated rings. The van der Waals surface area contributed by atoms with Crippen LogP contribution in [-0.4, -0.2) is 0 Å². The number of benzene rings is 10. The largest absolute Gasteiger partial charge is 0.455 e. The van der Waals surface area contributed by atoms with Gasteiger partial charge in [0.15, 0.2) is 0 Å². The fourth-order valence-electron chi connectivity index (χ4n) is 6.37. The smallest absolute Gasteiger partial charge is 0.143 e. The summed E-state index contributed by atoms with van der Waals surface area (Å²) in [6, 6.07) is -27.9. The van der Waals surface area contributed by atoms with Crippen molar-refractivity contribution in [2.45, 2.75) is 0 Å². The quantitative estimate of drug-likeness (QED) is 0.134. The Labute approximate surface area is 336 Å². The second kappa shape index (κ2) is 10.9. The SMILES string of the molecule is [2H]c1c([2H])c(-c2c([2H])c([2H])c([2H])c3oc4c5c([2H])c([2H])c([2H])c([2H])c5c([2H])c([2H])c4c23)c([2H])c([2H])c1-c1c2c([2H])c([2H])c([2H])c([2H])c2c(-c2c([2H])c([2H])c3c(c2[2H])c([2H])c([2H])c2c([2H])c([2H])c([2H])c([2H])c23)c2c([2H])c([2H])c([2H])c([2H])c12. The maximum atomic E-state index is 9.73. The standard InChI is InChI=1S/C50H30O/c1-3-12-37-31(10-1)22-25-35-30-36(27-28-38(35)37)48-43-16-7-5-14-41(43)47(42-15-6-8-17-44(42)48)34-23-20-33(21-24-34)39-18-9-19-46-49(39)45-29-26-32-11-2-4-13-40(32)50(45)51-46/h1-30H/i1D,2D,3D,4D,5D,6D,7D,8D,9D,10D,11D,12D,13D,14D,15D,16D,17D,18D,19D,20D,21D,22D,23D,24D,25D,26D,27D,28D,29D,30D. The molecule has 11 aromatic rings. The summed E-state index contributed by atoms with van der Waals surface area (Å²) in [7, 11) is 0. The lowest BCUT2D eigenvalue weighted by Crippen LogP contribution is -1.91. The lowest BCUT2D eigenvalue weighted by atomic mass is 9.85. The fraction of sp³-hybridized carbons (Fsp3) is 0. The lowest BCUT2D eigenvalue weighted by molar-refractivity contribution is 0.673. The summed E-state index contributed by atoms with van der Waals surface area (Å²) < 4.78 is 278. The van der Waals surface area contributed by atoms with Gasteiger partial charge >= 0.3 is 0 Å². The number of fused-ring (bicyclic) bond motifs is 10. The Hall–Kier alpha value is -6.70. The van der Waals surface area contributed by atoms with Gasteiger partial charge in [-0.2, -0.15) is 0 Å². The van der Waals surface area contributed by atoms with Crippen LogP contribution in [0, 0.1) is 0 Å². The summed E-state index contributed by atoms with van der Waals surface area (Å²) in [5, 5.41) is -7.32. The third-order valence-electron chi connectivity index (χ3n) is 8.56. The van der Waals surface area contributed by atoms with Crippen molar-refractivity contribution in [3.63, 3.8) is 0 Å². The number of rotatable bonds is 3. The topological polar surface area (TPSA) is 13.1 Å². The molecule has 10 aromatic carbocycles. The first kappa shape index (κ1) is 11.7. The van der Waals surface area contributed by atoms with Crippen LogP contribution in [0.2, 0.25) is 0 Å². The van der Waals surface area contributed by atoms with Crippen molar-refractivity contribution >= 4 is 75.8 Å². The molecule has 51 heavy (non-hydrogen) atoms. The second-order valence-electron chi connectivity index (χ2n) is 11.3. The molecule has 0 N–H and O–H groups in total. The molecule has 0 unspecified atom stereocenters. The van der Waals surface area contributed by atoms with Crippen molar-refractivity contribution in [2.75, 3.05) is 0 Å². The van der Waals surface area contributed by atoms with Crippen molar-refractivity contribution in [3.8, 4) is 33.4 Å². The normalized spacial score (nSPS) is 20.2. The summed E-state index contributed by atoms with van der Waals surface area (Å²) in [5.41, 5.74) is -5.97. The molecule has 1 heterocycles. The molecule has 1 heteroatoms. The summed E-state index contributed by atoms with van der Waals surface area (Å²) >= 11 is 0. The van der Waals surface area contributed by atoms with Gasteiger partial charge in [0.25, 0.3) is 0 Å². The predicted molar refractivity (Wildman–Crippen MR) is 218 cm³/mol. The van der Waals surface area contributed by atoms with Gasteiger partial charge in [-0.3, -0.25) is 0 Å². The molecule has 11 rings (SSSR count). The van der Waals surface area contributed by atoms with Gasteiger partial charge < -0.3 is 4.42 Å². The van der Waals surface area contributed by atoms with Crippen LogP contribution in [0.3, 0.4) is 0 Å². The van der Waals surface area contributed by atoms with Crippen LogP contribution in [-0.2, 0) is 0 Å². The fourth-order valence-corrected chi connectivity index (χ4v) is 6.37. The third-order valence-corrected chi connectivity index (χ3v) is 8.56.